The Morgan fingerprint density at radius 2 is 1.95 bits per heavy atom. The predicted molar refractivity (Wildman–Crippen MR) is 140 cm³/mol. The van der Waals surface area contributed by atoms with Gasteiger partial charge in [-0.05, 0) is 6.42 Å². The highest BCUT2D eigenvalue weighted by atomic mass is 32.2. The van der Waals surface area contributed by atoms with Gasteiger partial charge in [-0.15, -0.1) is 11.3 Å². The molecule has 2 aromatic heterocycles. The normalized spacial score (nSPS) is 16.8. The van der Waals surface area contributed by atoms with Crippen LogP contribution in [0.25, 0.3) is 0 Å². The Bertz CT molecular complexity index is 1570. The number of aromatic nitrogens is 2. The van der Waals surface area contributed by atoms with Crippen LogP contribution in [0.4, 0.5) is 9.93 Å². The first-order valence-corrected chi connectivity index (χ1v) is 13.9. The lowest BCUT2D eigenvalue weighted by Gasteiger charge is -2.44. The first-order chi connectivity index (χ1) is 19.7. The van der Waals surface area contributed by atoms with Gasteiger partial charge in [-0.25, -0.2) is 14.1 Å². The number of aromatic hydroxyl groups is 1. The number of pyridine rings is 1. The summed E-state index contributed by atoms with van der Waals surface area (Å²) in [6, 6.07) is -3.22. The molecule has 0 saturated carbocycles. The van der Waals surface area contributed by atoms with Crippen molar-refractivity contribution in [1.82, 2.24) is 30.0 Å². The molecule has 0 unspecified atom stereocenters. The third-order valence-electron chi connectivity index (χ3n) is 5.46. The number of hydrogen-bond donors (Lipinski definition) is 8. The Balaban J connectivity index is 1.69. The molecule has 0 bridgehead atoms. The number of amides is 4. The van der Waals surface area contributed by atoms with Crippen molar-refractivity contribution < 1.29 is 52.4 Å². The van der Waals surface area contributed by atoms with Crippen molar-refractivity contribution >= 4 is 56.3 Å². The highest BCUT2D eigenvalue weighted by Gasteiger charge is 2.54. The number of nitrogen functional groups attached to an aromatic ring is 1. The van der Waals surface area contributed by atoms with E-state index in [1.165, 1.54) is 5.38 Å². The van der Waals surface area contributed by atoms with Crippen LogP contribution < -0.4 is 27.1 Å². The monoisotopic (exact) mass is 632 g/mol. The van der Waals surface area contributed by atoms with Crippen molar-refractivity contribution in [2.24, 2.45) is 5.16 Å². The number of nitrogens with zero attached hydrogens (tertiary/aromatic N) is 4. The molecule has 1 aliphatic rings. The molecule has 1 saturated heterocycles. The third kappa shape index (κ3) is 7.82. The molecule has 1 aliphatic heterocycles. The number of oxime groups is 1. The number of rotatable bonds is 13. The number of anilines is 1. The van der Waals surface area contributed by atoms with Gasteiger partial charge in [-0.1, -0.05) is 5.16 Å². The van der Waals surface area contributed by atoms with Gasteiger partial charge in [-0.2, -0.15) is 13.1 Å². The molecule has 22 heteroatoms. The van der Waals surface area contributed by atoms with E-state index < -0.39 is 76.2 Å². The first kappa shape index (κ1) is 31.6. The van der Waals surface area contributed by atoms with Crippen molar-refractivity contribution in [3.05, 3.63) is 39.3 Å². The number of urea groups is 1. The molecule has 3 heterocycles. The fourth-order valence-corrected chi connectivity index (χ4v) is 4.91. The highest BCUT2D eigenvalue weighted by Crippen LogP contribution is 2.23. The summed E-state index contributed by atoms with van der Waals surface area (Å²) in [5.74, 6) is -4.14. The molecular formula is C20H24N8O12S2. The summed E-state index contributed by atoms with van der Waals surface area (Å²) in [4.78, 5) is 68.9. The lowest BCUT2D eigenvalue weighted by atomic mass is 9.98. The average molecular weight is 633 g/mol. The summed E-state index contributed by atoms with van der Waals surface area (Å²) in [5, 5.41) is 39.5. The Labute approximate surface area is 239 Å². The van der Waals surface area contributed by atoms with Gasteiger partial charge in [0.15, 0.2) is 16.6 Å². The van der Waals surface area contributed by atoms with Crippen LogP contribution in [0.3, 0.4) is 0 Å². The second-order valence-electron chi connectivity index (χ2n) is 8.39. The van der Waals surface area contributed by atoms with Crippen LogP contribution in [0.5, 0.6) is 5.75 Å². The van der Waals surface area contributed by atoms with Gasteiger partial charge in [0.1, 0.15) is 18.3 Å². The van der Waals surface area contributed by atoms with Crippen molar-refractivity contribution in [3.8, 4) is 5.75 Å². The Morgan fingerprint density at radius 3 is 2.57 bits per heavy atom. The Morgan fingerprint density at radius 1 is 1.24 bits per heavy atom. The minimum atomic E-state index is -5.11. The van der Waals surface area contributed by atoms with E-state index in [-0.39, 0.29) is 40.3 Å². The standard InChI is InChI=1S/C20H24N8O12S2/c21-19-24-10(8-41-19)15(26-40-3-1-2-14(31)32)17(33)25-16-11(28(18(16)34)42(37,38)39)6-23-20(35)22-5-9-4-12(29)13(30)7-27(9)36/h4,7-8,11,16,30,36H,1-3,5-6H2,(H2,21,24)(H,25,33)(H,31,32)(H2,22,23,35)(H,37,38,39)/b26-15-/t11-,16+/m1/s1. The number of carbonyl (C=O) groups is 4. The molecule has 1 fully saturated rings. The van der Waals surface area contributed by atoms with Gasteiger partial charge >= 0.3 is 22.3 Å². The summed E-state index contributed by atoms with van der Waals surface area (Å²) in [5.41, 5.74) is 4.08. The van der Waals surface area contributed by atoms with Crippen molar-refractivity contribution in [2.75, 3.05) is 18.9 Å². The fraction of sp³-hybridized carbons (Fsp3) is 0.350. The summed E-state index contributed by atoms with van der Waals surface area (Å²) in [6.45, 7) is -1.24. The van der Waals surface area contributed by atoms with Crippen LogP contribution in [-0.4, -0.2) is 97.2 Å². The summed E-state index contributed by atoms with van der Waals surface area (Å²) < 4.78 is 33.4. The van der Waals surface area contributed by atoms with Crippen LogP contribution >= 0.6 is 11.3 Å². The van der Waals surface area contributed by atoms with Gasteiger partial charge in [0.05, 0.1) is 24.5 Å². The van der Waals surface area contributed by atoms with E-state index in [9.17, 15) is 47.3 Å². The smallest absolute Gasteiger partial charge is 0.362 e. The number of nitrogens with two attached hydrogens (primary N) is 1. The SMILES string of the molecule is Nc1nc(/C(=N/OCCCC(=O)O)C(=O)N[C@@H]2C(=O)N(S(=O)(=O)O)[C@@H]2CNC(=O)NCc2cc(=O)c(O)cn2O)cs1. The molecule has 2 aromatic rings. The second-order valence-corrected chi connectivity index (χ2v) is 10.6. The van der Waals surface area contributed by atoms with E-state index in [4.69, 9.17) is 15.7 Å². The molecule has 0 radical (unpaired) electrons. The molecule has 0 aliphatic carbocycles. The molecule has 2 atom stereocenters. The molecule has 4 amide bonds. The van der Waals surface area contributed by atoms with Crippen LogP contribution in [0.2, 0.25) is 0 Å². The van der Waals surface area contributed by atoms with E-state index in [1.807, 2.05) is 0 Å². The quantitative estimate of drug-likeness (QED) is 0.0281. The second kappa shape index (κ2) is 13.1. The van der Waals surface area contributed by atoms with Crippen LogP contribution in [-0.2, 0) is 36.1 Å². The summed E-state index contributed by atoms with van der Waals surface area (Å²) in [6.07, 6.45) is 0.517. The number of β-lactam (4-membered cyclic amide) rings is 1. The molecule has 9 N–H and O–H groups in total. The van der Waals surface area contributed by atoms with Gasteiger partial charge in [0.25, 0.3) is 11.8 Å². The first-order valence-electron chi connectivity index (χ1n) is 11.6. The lowest BCUT2D eigenvalue weighted by molar-refractivity contribution is -0.144. The van der Waals surface area contributed by atoms with Crippen LogP contribution in [0, 0.1) is 0 Å². The van der Waals surface area contributed by atoms with Crippen molar-refractivity contribution in [3.63, 3.8) is 0 Å². The summed E-state index contributed by atoms with van der Waals surface area (Å²) >= 11 is 0.942. The van der Waals surface area contributed by atoms with Gasteiger partial charge in [-0.3, -0.25) is 23.7 Å². The Hall–Kier alpha value is -4.96. The van der Waals surface area contributed by atoms with Crippen LogP contribution in [0.15, 0.2) is 27.6 Å². The third-order valence-corrected chi connectivity index (χ3v) is 7.08. The molecule has 3 rings (SSSR count). The minimum absolute atomic E-state index is 0.0314. The van der Waals surface area contributed by atoms with Gasteiger partial charge in [0, 0.05) is 24.4 Å². The zero-order valence-electron chi connectivity index (χ0n) is 21.2. The number of carbonyl (C=O) groups excluding carboxylic acids is 3. The van der Waals surface area contributed by atoms with E-state index in [1.54, 1.807) is 0 Å². The number of hydrogen-bond acceptors (Lipinski definition) is 14. The van der Waals surface area contributed by atoms with Gasteiger partial charge < -0.3 is 41.9 Å². The van der Waals surface area contributed by atoms with Crippen molar-refractivity contribution in [1.29, 1.82) is 0 Å². The lowest BCUT2D eigenvalue weighted by Crippen LogP contribution is -2.74. The van der Waals surface area contributed by atoms with Crippen LogP contribution in [0.1, 0.15) is 24.2 Å². The van der Waals surface area contributed by atoms with E-state index in [2.05, 4.69) is 26.1 Å². The molecule has 0 aromatic carbocycles. The highest BCUT2D eigenvalue weighted by molar-refractivity contribution is 7.84. The topological polar surface area (TPSA) is 305 Å². The largest absolute Gasteiger partial charge is 0.503 e. The average Bonchev–Trinajstić information content (AvgIpc) is 3.32. The van der Waals surface area contributed by atoms with E-state index >= 15 is 0 Å². The predicted octanol–water partition coefficient (Wildman–Crippen LogP) is -2.59. The zero-order chi connectivity index (χ0) is 31.2. The fourth-order valence-electron chi connectivity index (χ4n) is 3.49. The molecular weight excluding hydrogens is 608 g/mol. The molecule has 0 spiro atoms. The van der Waals surface area contributed by atoms with E-state index in [0.717, 1.165) is 17.4 Å². The number of nitrogens with one attached hydrogen (secondary N) is 3. The van der Waals surface area contributed by atoms with Crippen molar-refractivity contribution in [2.45, 2.75) is 31.5 Å². The van der Waals surface area contributed by atoms with Gasteiger partial charge in [0.2, 0.25) is 5.43 Å². The van der Waals surface area contributed by atoms with E-state index in [0.29, 0.717) is 10.9 Å². The number of carboxylic acids is 1. The Kier molecular flexibility index (Phi) is 9.87. The molecule has 42 heavy (non-hydrogen) atoms. The maximum atomic E-state index is 13.0. The maximum absolute atomic E-state index is 13.0. The maximum Gasteiger partial charge on any atom is 0.362 e. The number of thiazole rings is 1. The number of aliphatic carboxylic acids is 1. The molecule has 20 nitrogen and oxygen atoms in total. The molecule has 228 valence electrons. The number of carboxylic acid groups (broad SMARTS) is 1. The summed E-state index contributed by atoms with van der Waals surface area (Å²) in [7, 11) is -5.11. The zero-order valence-corrected chi connectivity index (χ0v) is 22.8. The minimum Gasteiger partial charge on any atom is -0.503 e.